The van der Waals surface area contributed by atoms with Crippen molar-refractivity contribution < 1.29 is 18.7 Å². The van der Waals surface area contributed by atoms with Gasteiger partial charge in [0.25, 0.3) is 5.91 Å². The number of methoxy groups -OCH3 is 1. The van der Waals surface area contributed by atoms with Crippen molar-refractivity contribution in [3.05, 3.63) is 59.5 Å². The van der Waals surface area contributed by atoms with E-state index in [1.54, 1.807) is 30.5 Å². The number of esters is 1. The first-order valence-corrected chi connectivity index (χ1v) is 7.90. The van der Waals surface area contributed by atoms with E-state index in [1.807, 2.05) is 17.0 Å². The van der Waals surface area contributed by atoms with Crippen molar-refractivity contribution in [1.82, 2.24) is 9.80 Å². The minimum absolute atomic E-state index is 0.0101. The summed E-state index contributed by atoms with van der Waals surface area (Å²) >= 11 is 0. The quantitative estimate of drug-likeness (QED) is 0.804. The topological polar surface area (TPSA) is 63.0 Å². The molecule has 1 aliphatic heterocycles. The predicted molar refractivity (Wildman–Crippen MR) is 87.7 cm³/mol. The fourth-order valence-electron chi connectivity index (χ4n) is 2.78. The molecule has 0 bridgehead atoms. The zero-order valence-corrected chi connectivity index (χ0v) is 13.6. The van der Waals surface area contributed by atoms with Gasteiger partial charge in [0.2, 0.25) is 0 Å². The number of rotatable bonds is 4. The molecule has 3 rings (SSSR count). The standard InChI is InChI=1S/C18H20N2O4/c1-23-18(22)15-6-4-14(5-7-15)17(21)20-10-8-19(9-11-20)13-16-3-2-12-24-16/h2-7,12H,8-11,13H2,1H3. The van der Waals surface area contributed by atoms with E-state index in [4.69, 9.17) is 4.42 Å². The largest absolute Gasteiger partial charge is 0.468 e. The van der Waals surface area contributed by atoms with Crippen LogP contribution in [0, 0.1) is 0 Å². The van der Waals surface area contributed by atoms with Gasteiger partial charge in [-0.2, -0.15) is 0 Å². The summed E-state index contributed by atoms with van der Waals surface area (Å²) in [6.45, 7) is 3.75. The van der Waals surface area contributed by atoms with Crippen molar-refractivity contribution in [2.45, 2.75) is 6.54 Å². The Balaban J connectivity index is 1.55. The molecule has 6 heteroatoms. The number of hydrogen-bond acceptors (Lipinski definition) is 5. The lowest BCUT2D eigenvalue weighted by molar-refractivity contribution is 0.0594. The number of carbonyl (C=O) groups excluding carboxylic acids is 2. The maximum atomic E-state index is 12.5. The maximum absolute atomic E-state index is 12.5. The summed E-state index contributed by atoms with van der Waals surface area (Å²) in [7, 11) is 1.34. The van der Waals surface area contributed by atoms with Crippen molar-refractivity contribution in [1.29, 1.82) is 0 Å². The van der Waals surface area contributed by atoms with Gasteiger partial charge in [0.15, 0.2) is 0 Å². The first-order chi connectivity index (χ1) is 11.7. The van der Waals surface area contributed by atoms with E-state index in [0.717, 1.165) is 25.4 Å². The Kier molecular flexibility index (Phi) is 4.96. The third-order valence-corrected chi connectivity index (χ3v) is 4.17. The van der Waals surface area contributed by atoms with Gasteiger partial charge in [-0.1, -0.05) is 0 Å². The van der Waals surface area contributed by atoms with E-state index in [1.165, 1.54) is 7.11 Å². The van der Waals surface area contributed by atoms with Crippen LogP contribution in [0.1, 0.15) is 26.5 Å². The van der Waals surface area contributed by atoms with Gasteiger partial charge < -0.3 is 14.1 Å². The van der Waals surface area contributed by atoms with E-state index < -0.39 is 5.97 Å². The van der Waals surface area contributed by atoms with E-state index in [0.29, 0.717) is 24.2 Å². The first kappa shape index (κ1) is 16.3. The van der Waals surface area contributed by atoms with Crippen molar-refractivity contribution in [2.75, 3.05) is 33.3 Å². The van der Waals surface area contributed by atoms with Gasteiger partial charge in [0, 0.05) is 31.7 Å². The highest BCUT2D eigenvalue weighted by molar-refractivity contribution is 5.96. The van der Waals surface area contributed by atoms with Gasteiger partial charge in [-0.15, -0.1) is 0 Å². The van der Waals surface area contributed by atoms with Crippen LogP contribution in [-0.2, 0) is 11.3 Å². The zero-order chi connectivity index (χ0) is 16.9. The van der Waals surface area contributed by atoms with Crippen molar-refractivity contribution in [3.8, 4) is 0 Å². The van der Waals surface area contributed by atoms with Gasteiger partial charge >= 0.3 is 5.97 Å². The molecule has 1 aliphatic rings. The van der Waals surface area contributed by atoms with Crippen LogP contribution in [0.15, 0.2) is 47.1 Å². The van der Waals surface area contributed by atoms with Gasteiger partial charge in [-0.25, -0.2) is 4.79 Å². The van der Waals surface area contributed by atoms with E-state index in [9.17, 15) is 9.59 Å². The molecule has 1 amide bonds. The number of amides is 1. The Labute approximate surface area is 140 Å². The minimum Gasteiger partial charge on any atom is -0.468 e. The molecule has 24 heavy (non-hydrogen) atoms. The fraction of sp³-hybridized carbons (Fsp3) is 0.333. The van der Waals surface area contributed by atoms with Crippen LogP contribution >= 0.6 is 0 Å². The van der Waals surface area contributed by atoms with Gasteiger partial charge in [-0.05, 0) is 36.4 Å². The molecule has 1 aromatic carbocycles. The molecular weight excluding hydrogens is 308 g/mol. The molecule has 0 saturated carbocycles. The highest BCUT2D eigenvalue weighted by Crippen LogP contribution is 2.13. The molecule has 2 heterocycles. The molecule has 1 fully saturated rings. The van der Waals surface area contributed by atoms with Crippen LogP contribution in [0.2, 0.25) is 0 Å². The van der Waals surface area contributed by atoms with Crippen molar-refractivity contribution in [3.63, 3.8) is 0 Å². The molecule has 0 spiro atoms. The Hall–Kier alpha value is -2.60. The summed E-state index contributed by atoms with van der Waals surface area (Å²) < 4.78 is 10.0. The number of nitrogens with zero attached hydrogens (tertiary/aromatic N) is 2. The Morgan fingerprint density at radius 3 is 2.29 bits per heavy atom. The second-order valence-corrected chi connectivity index (χ2v) is 5.72. The number of piperazine rings is 1. The van der Waals surface area contributed by atoms with Crippen LogP contribution in [-0.4, -0.2) is 55.0 Å². The summed E-state index contributed by atoms with van der Waals surface area (Å²) in [6.07, 6.45) is 1.67. The minimum atomic E-state index is -0.402. The van der Waals surface area contributed by atoms with E-state index >= 15 is 0 Å². The number of ether oxygens (including phenoxy) is 1. The maximum Gasteiger partial charge on any atom is 0.337 e. The Bertz CT molecular complexity index is 686. The molecule has 0 radical (unpaired) electrons. The van der Waals surface area contributed by atoms with E-state index in [2.05, 4.69) is 9.64 Å². The summed E-state index contributed by atoms with van der Waals surface area (Å²) in [5, 5.41) is 0. The third kappa shape index (κ3) is 3.65. The number of hydrogen-bond donors (Lipinski definition) is 0. The molecule has 0 atom stereocenters. The van der Waals surface area contributed by atoms with Crippen LogP contribution in [0.25, 0.3) is 0 Å². The second-order valence-electron chi connectivity index (χ2n) is 5.72. The Morgan fingerprint density at radius 2 is 1.71 bits per heavy atom. The van der Waals surface area contributed by atoms with Gasteiger partial charge in [0.1, 0.15) is 5.76 Å². The lowest BCUT2D eigenvalue weighted by atomic mass is 10.1. The van der Waals surface area contributed by atoms with Crippen LogP contribution in [0.4, 0.5) is 0 Å². The summed E-state index contributed by atoms with van der Waals surface area (Å²) in [6, 6.07) is 10.4. The van der Waals surface area contributed by atoms with Crippen LogP contribution < -0.4 is 0 Å². The van der Waals surface area contributed by atoms with Crippen molar-refractivity contribution in [2.24, 2.45) is 0 Å². The molecule has 126 valence electrons. The number of benzene rings is 1. The smallest absolute Gasteiger partial charge is 0.337 e. The van der Waals surface area contributed by atoms with Crippen LogP contribution in [0.3, 0.4) is 0 Å². The molecule has 0 N–H and O–H groups in total. The third-order valence-electron chi connectivity index (χ3n) is 4.17. The molecule has 2 aromatic rings. The molecular formula is C18H20N2O4. The summed E-state index contributed by atoms with van der Waals surface area (Å²) in [4.78, 5) is 28.1. The molecule has 0 unspecified atom stereocenters. The summed E-state index contributed by atoms with van der Waals surface area (Å²) in [5.74, 6) is 0.526. The highest BCUT2D eigenvalue weighted by Gasteiger charge is 2.22. The van der Waals surface area contributed by atoms with Gasteiger partial charge in [-0.3, -0.25) is 9.69 Å². The normalized spacial score (nSPS) is 15.3. The highest BCUT2D eigenvalue weighted by atomic mass is 16.5. The van der Waals surface area contributed by atoms with Gasteiger partial charge in [0.05, 0.1) is 25.5 Å². The lowest BCUT2D eigenvalue weighted by Gasteiger charge is -2.34. The average molecular weight is 328 g/mol. The van der Waals surface area contributed by atoms with E-state index in [-0.39, 0.29) is 5.91 Å². The fourth-order valence-corrected chi connectivity index (χ4v) is 2.78. The zero-order valence-electron chi connectivity index (χ0n) is 13.6. The second kappa shape index (κ2) is 7.31. The Morgan fingerprint density at radius 1 is 1.04 bits per heavy atom. The molecule has 6 nitrogen and oxygen atoms in total. The van der Waals surface area contributed by atoms with Crippen molar-refractivity contribution >= 4 is 11.9 Å². The van der Waals surface area contributed by atoms with Crippen LogP contribution in [0.5, 0.6) is 0 Å². The monoisotopic (exact) mass is 328 g/mol. The lowest BCUT2D eigenvalue weighted by Crippen LogP contribution is -2.48. The summed E-state index contributed by atoms with van der Waals surface area (Å²) in [5.41, 5.74) is 1.03. The number of furan rings is 1. The SMILES string of the molecule is COC(=O)c1ccc(C(=O)N2CCN(Cc3ccco3)CC2)cc1. The molecule has 0 aliphatic carbocycles. The first-order valence-electron chi connectivity index (χ1n) is 7.90. The number of carbonyl (C=O) groups is 2. The predicted octanol–water partition coefficient (Wildman–Crippen LogP) is 2.02. The molecule has 1 aromatic heterocycles. The molecule has 1 saturated heterocycles. The average Bonchev–Trinajstić information content (AvgIpc) is 3.14.